The summed E-state index contributed by atoms with van der Waals surface area (Å²) in [4.78, 5) is 22.7. The zero-order valence-corrected chi connectivity index (χ0v) is 10.5. The standard InChI is InChI=1S/C11H23N3O2/c1-7(2)5-9(12)11(16)13-6-10(15)14-8(3)4/h7-9H,5-6,12H2,1-4H3,(H,13,16)(H,14,15)/t9-/m0/s1. The quantitative estimate of drug-likeness (QED) is 0.599. The van der Waals surface area contributed by atoms with E-state index in [-0.39, 0.29) is 24.4 Å². The van der Waals surface area contributed by atoms with Crippen LogP contribution in [0.4, 0.5) is 0 Å². The molecular formula is C11H23N3O2. The molecule has 5 heteroatoms. The molecule has 0 fully saturated rings. The van der Waals surface area contributed by atoms with E-state index in [9.17, 15) is 9.59 Å². The van der Waals surface area contributed by atoms with E-state index in [1.165, 1.54) is 0 Å². The first kappa shape index (κ1) is 14.9. The van der Waals surface area contributed by atoms with E-state index < -0.39 is 6.04 Å². The van der Waals surface area contributed by atoms with Gasteiger partial charge in [0.05, 0.1) is 12.6 Å². The van der Waals surface area contributed by atoms with Crippen LogP contribution in [0.25, 0.3) is 0 Å². The Kier molecular flexibility index (Phi) is 6.72. The molecule has 2 amide bonds. The molecule has 0 bridgehead atoms. The summed E-state index contributed by atoms with van der Waals surface area (Å²) in [5, 5.41) is 5.20. The van der Waals surface area contributed by atoms with Gasteiger partial charge in [-0.15, -0.1) is 0 Å². The van der Waals surface area contributed by atoms with Gasteiger partial charge in [-0.2, -0.15) is 0 Å². The molecule has 0 unspecified atom stereocenters. The molecule has 0 heterocycles. The number of carbonyl (C=O) groups is 2. The Hall–Kier alpha value is -1.10. The number of nitrogens with one attached hydrogen (secondary N) is 2. The fraction of sp³-hybridized carbons (Fsp3) is 0.818. The maximum absolute atomic E-state index is 11.5. The van der Waals surface area contributed by atoms with Crippen molar-refractivity contribution >= 4 is 11.8 Å². The number of nitrogens with two attached hydrogens (primary N) is 1. The second-order valence-corrected chi connectivity index (χ2v) is 4.68. The summed E-state index contributed by atoms with van der Waals surface area (Å²) in [6.45, 7) is 7.72. The van der Waals surface area contributed by atoms with Gasteiger partial charge >= 0.3 is 0 Å². The predicted molar refractivity (Wildman–Crippen MR) is 63.7 cm³/mol. The van der Waals surface area contributed by atoms with Crippen LogP contribution in [0.2, 0.25) is 0 Å². The Bertz CT molecular complexity index is 239. The summed E-state index contributed by atoms with van der Waals surface area (Å²) in [5.41, 5.74) is 5.66. The molecule has 0 aliphatic carbocycles. The highest BCUT2D eigenvalue weighted by Crippen LogP contribution is 2.02. The van der Waals surface area contributed by atoms with Crippen molar-refractivity contribution in [1.29, 1.82) is 0 Å². The van der Waals surface area contributed by atoms with Crippen LogP contribution in [0.1, 0.15) is 34.1 Å². The molecular weight excluding hydrogens is 206 g/mol. The third-order valence-corrected chi connectivity index (χ3v) is 1.93. The summed E-state index contributed by atoms with van der Waals surface area (Å²) < 4.78 is 0. The van der Waals surface area contributed by atoms with Gasteiger partial charge in [0.1, 0.15) is 0 Å². The van der Waals surface area contributed by atoms with Crippen molar-refractivity contribution in [3.8, 4) is 0 Å². The lowest BCUT2D eigenvalue weighted by atomic mass is 10.0. The average molecular weight is 229 g/mol. The third-order valence-electron chi connectivity index (χ3n) is 1.93. The maximum Gasteiger partial charge on any atom is 0.239 e. The fourth-order valence-electron chi connectivity index (χ4n) is 1.29. The molecule has 0 rings (SSSR count). The molecule has 0 aromatic carbocycles. The van der Waals surface area contributed by atoms with E-state index >= 15 is 0 Å². The molecule has 94 valence electrons. The number of hydrogen-bond acceptors (Lipinski definition) is 3. The van der Waals surface area contributed by atoms with Crippen molar-refractivity contribution in [3.05, 3.63) is 0 Å². The first-order chi connectivity index (χ1) is 7.32. The van der Waals surface area contributed by atoms with Gasteiger partial charge in [0.2, 0.25) is 11.8 Å². The van der Waals surface area contributed by atoms with Gasteiger partial charge in [0.15, 0.2) is 0 Å². The molecule has 0 aromatic heterocycles. The van der Waals surface area contributed by atoms with Crippen LogP contribution in [0.3, 0.4) is 0 Å². The predicted octanol–water partition coefficient (Wildman–Crippen LogP) is 0.000600. The van der Waals surface area contributed by atoms with Crippen LogP contribution in [-0.4, -0.2) is 30.4 Å². The largest absolute Gasteiger partial charge is 0.352 e. The van der Waals surface area contributed by atoms with Gasteiger partial charge in [-0.25, -0.2) is 0 Å². The monoisotopic (exact) mass is 229 g/mol. The first-order valence-electron chi connectivity index (χ1n) is 5.65. The molecule has 0 saturated heterocycles. The van der Waals surface area contributed by atoms with Crippen LogP contribution in [0, 0.1) is 5.92 Å². The van der Waals surface area contributed by atoms with E-state index in [1.54, 1.807) is 0 Å². The summed E-state index contributed by atoms with van der Waals surface area (Å²) in [5.74, 6) is -0.0991. The van der Waals surface area contributed by atoms with Gasteiger partial charge in [-0.1, -0.05) is 13.8 Å². The highest BCUT2D eigenvalue weighted by molar-refractivity contribution is 5.87. The third kappa shape index (κ3) is 7.23. The summed E-state index contributed by atoms with van der Waals surface area (Å²) >= 11 is 0. The zero-order valence-electron chi connectivity index (χ0n) is 10.5. The Morgan fingerprint density at radius 1 is 1.19 bits per heavy atom. The molecule has 5 nitrogen and oxygen atoms in total. The SMILES string of the molecule is CC(C)C[C@H](N)C(=O)NCC(=O)NC(C)C. The molecule has 0 radical (unpaired) electrons. The first-order valence-corrected chi connectivity index (χ1v) is 5.65. The number of carbonyl (C=O) groups excluding carboxylic acids is 2. The van der Waals surface area contributed by atoms with Crippen molar-refractivity contribution in [3.63, 3.8) is 0 Å². The van der Waals surface area contributed by atoms with Gasteiger partial charge in [0.25, 0.3) is 0 Å². The Labute approximate surface area is 97.2 Å². The summed E-state index contributed by atoms with van der Waals surface area (Å²) in [6.07, 6.45) is 0.623. The lowest BCUT2D eigenvalue weighted by Crippen LogP contribution is -2.46. The second kappa shape index (κ2) is 7.22. The minimum absolute atomic E-state index is 0.0111. The lowest BCUT2D eigenvalue weighted by Gasteiger charge is -2.14. The zero-order chi connectivity index (χ0) is 12.7. The van der Waals surface area contributed by atoms with E-state index in [1.807, 2.05) is 27.7 Å². The van der Waals surface area contributed by atoms with Crippen molar-refractivity contribution in [1.82, 2.24) is 10.6 Å². The van der Waals surface area contributed by atoms with Crippen LogP contribution in [-0.2, 0) is 9.59 Å². The minimum atomic E-state index is -0.535. The molecule has 1 atom stereocenters. The molecule has 0 aliphatic heterocycles. The van der Waals surface area contributed by atoms with Gasteiger partial charge < -0.3 is 16.4 Å². The molecule has 0 saturated carbocycles. The van der Waals surface area contributed by atoms with Crippen LogP contribution in [0.5, 0.6) is 0 Å². The van der Waals surface area contributed by atoms with Gasteiger partial charge in [-0.3, -0.25) is 9.59 Å². The Balaban J connectivity index is 3.84. The van der Waals surface area contributed by atoms with Crippen LogP contribution in [0.15, 0.2) is 0 Å². The molecule has 0 aliphatic rings. The van der Waals surface area contributed by atoms with Crippen molar-refractivity contribution < 1.29 is 9.59 Å². The number of hydrogen-bond donors (Lipinski definition) is 3. The minimum Gasteiger partial charge on any atom is -0.352 e. The van der Waals surface area contributed by atoms with Gasteiger partial charge in [0, 0.05) is 6.04 Å². The van der Waals surface area contributed by atoms with E-state index in [0.29, 0.717) is 12.3 Å². The summed E-state index contributed by atoms with van der Waals surface area (Å²) in [6, 6.07) is -0.458. The molecule has 0 aromatic rings. The van der Waals surface area contributed by atoms with Crippen molar-refractivity contribution in [2.75, 3.05) is 6.54 Å². The highest BCUT2D eigenvalue weighted by Gasteiger charge is 2.15. The smallest absolute Gasteiger partial charge is 0.239 e. The lowest BCUT2D eigenvalue weighted by molar-refractivity contribution is -0.127. The second-order valence-electron chi connectivity index (χ2n) is 4.68. The fourth-order valence-corrected chi connectivity index (χ4v) is 1.29. The van der Waals surface area contributed by atoms with Crippen molar-refractivity contribution in [2.24, 2.45) is 11.7 Å². The van der Waals surface area contributed by atoms with Crippen molar-refractivity contribution in [2.45, 2.75) is 46.2 Å². The van der Waals surface area contributed by atoms with Gasteiger partial charge in [-0.05, 0) is 26.2 Å². The van der Waals surface area contributed by atoms with E-state index in [2.05, 4.69) is 10.6 Å². The maximum atomic E-state index is 11.5. The molecule has 16 heavy (non-hydrogen) atoms. The average Bonchev–Trinajstić information content (AvgIpc) is 2.11. The van der Waals surface area contributed by atoms with Crippen LogP contribution >= 0.6 is 0 Å². The Morgan fingerprint density at radius 2 is 1.75 bits per heavy atom. The topological polar surface area (TPSA) is 84.2 Å². The number of amides is 2. The van der Waals surface area contributed by atoms with E-state index in [0.717, 1.165) is 0 Å². The normalized spacial score (nSPS) is 12.7. The summed E-state index contributed by atoms with van der Waals surface area (Å²) in [7, 11) is 0. The highest BCUT2D eigenvalue weighted by atomic mass is 16.2. The number of rotatable bonds is 6. The molecule has 4 N–H and O–H groups in total. The molecule has 0 spiro atoms. The van der Waals surface area contributed by atoms with Crippen LogP contribution < -0.4 is 16.4 Å². The van der Waals surface area contributed by atoms with E-state index in [4.69, 9.17) is 5.73 Å². The Morgan fingerprint density at radius 3 is 2.19 bits per heavy atom.